The maximum Gasteiger partial charge on any atom is 0.255 e. The molecule has 0 saturated carbocycles. The number of carbonyl (C=O) groups excluding carboxylic acids is 1. The van der Waals surface area contributed by atoms with E-state index >= 15 is 0 Å². The average Bonchev–Trinajstić information content (AvgIpc) is 2.55. The fourth-order valence-corrected chi connectivity index (χ4v) is 2.45. The van der Waals surface area contributed by atoms with E-state index in [1.54, 1.807) is 24.3 Å². The molecule has 2 aromatic rings. The van der Waals surface area contributed by atoms with Gasteiger partial charge in [-0.25, -0.2) is 13.6 Å². The highest BCUT2D eigenvalue weighted by atomic mass is 32.2. The quantitative estimate of drug-likeness (QED) is 0.838. The summed E-state index contributed by atoms with van der Waals surface area (Å²) in [7, 11) is -3.74. The fourth-order valence-electron chi connectivity index (χ4n) is 1.93. The summed E-state index contributed by atoms with van der Waals surface area (Å²) in [6.07, 6.45) is 1.01. The van der Waals surface area contributed by atoms with Crippen LogP contribution in [0.1, 0.15) is 30.6 Å². The SMILES string of the molecule is CC[C@H](C)Oc1ccc(C(=O)Nc2ccc(S(N)(=O)=O)cc2)cc1. The van der Waals surface area contributed by atoms with Gasteiger partial charge in [0, 0.05) is 11.3 Å². The molecule has 7 heteroatoms. The molecule has 2 aromatic carbocycles. The summed E-state index contributed by atoms with van der Waals surface area (Å²) in [5.74, 6) is 0.409. The molecule has 2 rings (SSSR count). The molecule has 0 bridgehead atoms. The van der Waals surface area contributed by atoms with E-state index in [0.717, 1.165) is 6.42 Å². The molecule has 6 nitrogen and oxygen atoms in total. The van der Waals surface area contributed by atoms with E-state index in [9.17, 15) is 13.2 Å². The van der Waals surface area contributed by atoms with Gasteiger partial charge in [0.05, 0.1) is 11.0 Å². The Labute approximate surface area is 141 Å². The Morgan fingerprint density at radius 3 is 2.21 bits per heavy atom. The minimum absolute atomic E-state index is 0.00737. The summed E-state index contributed by atoms with van der Waals surface area (Å²) < 4.78 is 28.1. The molecule has 0 aliphatic rings. The Morgan fingerprint density at radius 1 is 1.12 bits per heavy atom. The van der Waals surface area contributed by atoms with Crippen LogP contribution in [0, 0.1) is 0 Å². The van der Waals surface area contributed by atoms with Crippen molar-refractivity contribution in [1.82, 2.24) is 0 Å². The van der Waals surface area contributed by atoms with Crippen molar-refractivity contribution in [1.29, 1.82) is 0 Å². The Kier molecular flexibility index (Phi) is 5.58. The van der Waals surface area contributed by atoms with Crippen molar-refractivity contribution in [3.8, 4) is 5.75 Å². The zero-order valence-corrected chi connectivity index (χ0v) is 14.3. The van der Waals surface area contributed by atoms with E-state index < -0.39 is 10.0 Å². The van der Waals surface area contributed by atoms with Crippen LogP contribution in [0.25, 0.3) is 0 Å². The third kappa shape index (κ3) is 4.81. The highest BCUT2D eigenvalue weighted by molar-refractivity contribution is 7.89. The maximum absolute atomic E-state index is 12.2. The minimum Gasteiger partial charge on any atom is -0.491 e. The van der Waals surface area contributed by atoms with Crippen LogP contribution in [0.4, 0.5) is 5.69 Å². The zero-order valence-electron chi connectivity index (χ0n) is 13.5. The Hall–Kier alpha value is -2.38. The van der Waals surface area contributed by atoms with Crippen LogP contribution in [0.15, 0.2) is 53.4 Å². The largest absolute Gasteiger partial charge is 0.491 e. The van der Waals surface area contributed by atoms with Gasteiger partial charge in [0.2, 0.25) is 10.0 Å². The number of rotatable bonds is 6. The predicted molar refractivity (Wildman–Crippen MR) is 92.6 cm³/mol. The van der Waals surface area contributed by atoms with E-state index in [-0.39, 0.29) is 16.9 Å². The number of sulfonamides is 1. The van der Waals surface area contributed by atoms with Crippen molar-refractivity contribution in [2.75, 3.05) is 5.32 Å². The third-order valence-electron chi connectivity index (χ3n) is 3.47. The minimum atomic E-state index is -3.74. The van der Waals surface area contributed by atoms with E-state index in [4.69, 9.17) is 9.88 Å². The van der Waals surface area contributed by atoms with Crippen molar-refractivity contribution in [3.63, 3.8) is 0 Å². The number of nitrogens with one attached hydrogen (secondary N) is 1. The second-order valence-electron chi connectivity index (χ2n) is 5.38. The summed E-state index contributed by atoms with van der Waals surface area (Å²) >= 11 is 0. The highest BCUT2D eigenvalue weighted by Crippen LogP contribution is 2.17. The predicted octanol–water partition coefficient (Wildman–Crippen LogP) is 2.76. The molecule has 0 heterocycles. The highest BCUT2D eigenvalue weighted by Gasteiger charge is 2.10. The zero-order chi connectivity index (χ0) is 17.7. The molecular weight excluding hydrogens is 328 g/mol. The summed E-state index contributed by atoms with van der Waals surface area (Å²) in [6, 6.07) is 12.5. The van der Waals surface area contributed by atoms with Crippen LogP contribution in [0.3, 0.4) is 0 Å². The van der Waals surface area contributed by atoms with E-state index in [2.05, 4.69) is 5.32 Å². The van der Waals surface area contributed by atoms with Crippen molar-refractivity contribution in [2.45, 2.75) is 31.3 Å². The molecule has 0 unspecified atom stereocenters. The number of nitrogens with two attached hydrogens (primary N) is 1. The van der Waals surface area contributed by atoms with E-state index in [1.807, 2.05) is 13.8 Å². The van der Waals surface area contributed by atoms with Crippen LogP contribution in [-0.4, -0.2) is 20.4 Å². The number of hydrogen-bond donors (Lipinski definition) is 2. The van der Waals surface area contributed by atoms with E-state index in [0.29, 0.717) is 17.0 Å². The molecule has 1 amide bonds. The molecule has 24 heavy (non-hydrogen) atoms. The Morgan fingerprint density at radius 2 is 1.71 bits per heavy atom. The molecule has 1 atom stereocenters. The number of ether oxygens (including phenoxy) is 1. The second kappa shape index (κ2) is 7.46. The molecule has 0 aliphatic carbocycles. The number of carbonyl (C=O) groups is 1. The monoisotopic (exact) mass is 348 g/mol. The van der Waals surface area contributed by atoms with Crippen LogP contribution >= 0.6 is 0 Å². The number of anilines is 1. The normalized spacial score (nSPS) is 12.5. The first-order valence-electron chi connectivity index (χ1n) is 7.50. The summed E-state index contributed by atoms with van der Waals surface area (Å²) in [4.78, 5) is 12.2. The van der Waals surface area contributed by atoms with Crippen LogP contribution in [0.2, 0.25) is 0 Å². The summed E-state index contributed by atoms with van der Waals surface area (Å²) in [6.45, 7) is 4.01. The summed E-state index contributed by atoms with van der Waals surface area (Å²) in [5.41, 5.74) is 0.953. The molecule has 0 spiro atoms. The average molecular weight is 348 g/mol. The van der Waals surface area contributed by atoms with Gasteiger partial charge < -0.3 is 10.1 Å². The first-order valence-corrected chi connectivity index (χ1v) is 9.05. The smallest absolute Gasteiger partial charge is 0.255 e. The van der Waals surface area contributed by atoms with Gasteiger partial charge in [-0.2, -0.15) is 0 Å². The second-order valence-corrected chi connectivity index (χ2v) is 6.95. The maximum atomic E-state index is 12.2. The van der Waals surface area contributed by atoms with Crippen LogP contribution in [-0.2, 0) is 10.0 Å². The molecule has 0 saturated heterocycles. The standard InChI is InChI=1S/C17H20N2O4S/c1-3-12(2)23-15-8-4-13(5-9-15)17(20)19-14-6-10-16(11-7-14)24(18,21)22/h4-12H,3H2,1-2H3,(H,19,20)(H2,18,21,22)/t12-/m0/s1. The topological polar surface area (TPSA) is 98.5 Å². The van der Waals surface area contributed by atoms with E-state index in [1.165, 1.54) is 24.3 Å². The first kappa shape index (κ1) is 18.0. The number of amides is 1. The lowest BCUT2D eigenvalue weighted by Crippen LogP contribution is -2.14. The lowest BCUT2D eigenvalue weighted by molar-refractivity contribution is 0.102. The molecule has 0 aliphatic heterocycles. The van der Waals surface area contributed by atoms with Crippen molar-refractivity contribution in [3.05, 3.63) is 54.1 Å². The molecule has 0 aromatic heterocycles. The molecule has 128 valence electrons. The first-order chi connectivity index (χ1) is 11.3. The van der Waals surface area contributed by atoms with Crippen LogP contribution < -0.4 is 15.2 Å². The van der Waals surface area contributed by atoms with Gasteiger partial charge in [-0.3, -0.25) is 4.79 Å². The number of benzene rings is 2. The lowest BCUT2D eigenvalue weighted by Gasteiger charge is -2.12. The van der Waals surface area contributed by atoms with Gasteiger partial charge in [0.15, 0.2) is 0 Å². The lowest BCUT2D eigenvalue weighted by atomic mass is 10.2. The van der Waals surface area contributed by atoms with Crippen molar-refractivity contribution < 1.29 is 17.9 Å². The van der Waals surface area contributed by atoms with Crippen LogP contribution in [0.5, 0.6) is 5.75 Å². The van der Waals surface area contributed by atoms with Gasteiger partial charge in [-0.05, 0) is 61.9 Å². The fraction of sp³-hybridized carbons (Fsp3) is 0.235. The molecule has 0 fully saturated rings. The van der Waals surface area contributed by atoms with Gasteiger partial charge in [0.25, 0.3) is 5.91 Å². The van der Waals surface area contributed by atoms with Crippen molar-refractivity contribution in [2.24, 2.45) is 5.14 Å². The molecule has 3 N–H and O–H groups in total. The summed E-state index contributed by atoms with van der Waals surface area (Å²) in [5, 5.41) is 7.72. The van der Waals surface area contributed by atoms with Gasteiger partial charge in [-0.1, -0.05) is 6.92 Å². The van der Waals surface area contributed by atoms with Gasteiger partial charge in [0.1, 0.15) is 5.75 Å². The Bertz CT molecular complexity index is 799. The number of primary sulfonamides is 1. The van der Waals surface area contributed by atoms with Gasteiger partial charge >= 0.3 is 0 Å². The molecule has 0 radical (unpaired) electrons. The third-order valence-corrected chi connectivity index (χ3v) is 4.40. The molecular formula is C17H20N2O4S. The Balaban J connectivity index is 2.04. The van der Waals surface area contributed by atoms with Gasteiger partial charge in [-0.15, -0.1) is 0 Å². The van der Waals surface area contributed by atoms with Crippen molar-refractivity contribution >= 4 is 21.6 Å². The number of hydrogen-bond acceptors (Lipinski definition) is 4.